The maximum atomic E-state index is 2.91. The Hall–Kier alpha value is -3.02. The largest absolute Gasteiger partial charge is 0.313 e. The Morgan fingerprint density at radius 3 is 0.806 bits per heavy atom. The van der Waals surface area contributed by atoms with Crippen LogP contribution in [-0.4, -0.2) is 8.07 Å². The highest BCUT2D eigenvalue weighted by Gasteiger charge is 2.36. The molecule has 0 bridgehead atoms. The molecule has 0 radical (unpaired) electrons. The second-order valence-electron chi connectivity index (χ2n) is 22.2. The van der Waals surface area contributed by atoms with Gasteiger partial charge in [0, 0.05) is 26.9 Å². The van der Waals surface area contributed by atoms with Crippen LogP contribution in [0.1, 0.15) is 165 Å². The molecule has 4 heteroatoms. The van der Waals surface area contributed by atoms with E-state index < -0.39 is 24.2 Å². The maximum absolute atomic E-state index is 2.91. The average molecular weight is 884 g/mol. The lowest BCUT2D eigenvalue weighted by Crippen LogP contribution is -2.47. The summed E-state index contributed by atoms with van der Waals surface area (Å²) in [5.74, 6) is 0. The van der Waals surface area contributed by atoms with Crippen LogP contribution in [0, 0.1) is 0 Å². The molecule has 0 N–H and O–H groups in total. The van der Waals surface area contributed by atoms with Crippen LogP contribution in [0.2, 0.25) is 18.1 Å². The highest BCUT2D eigenvalue weighted by atomic mass is 31.2. The standard InChI is InChI=1S/C58H83NP2Si/c1-16-19-42-62(43-20-17-2,44-21-18-3)54-40-30-49(31-41-54)59(60(50-32-22-45(23-33-50)55(4,5)6)51-34-24-46(25-35-51)56(7,8)9)61(52-36-26-47(27-37-52)57(10,11)12)53-38-28-48(29-39-53)58(13,14)15/h22-41H,16-21,42-44H2,1-15H3. The van der Waals surface area contributed by atoms with Gasteiger partial charge in [0.25, 0.3) is 0 Å². The van der Waals surface area contributed by atoms with Crippen LogP contribution >= 0.6 is 16.1 Å². The van der Waals surface area contributed by atoms with Gasteiger partial charge in [0.05, 0.1) is 24.2 Å². The lowest BCUT2D eigenvalue weighted by Gasteiger charge is -2.41. The Morgan fingerprint density at radius 2 is 0.597 bits per heavy atom. The predicted molar refractivity (Wildman–Crippen MR) is 286 cm³/mol. The van der Waals surface area contributed by atoms with Gasteiger partial charge in [-0.05, 0) is 56.0 Å². The third-order valence-electron chi connectivity index (χ3n) is 13.0. The maximum Gasteiger partial charge on any atom is 0.0867 e. The smallest absolute Gasteiger partial charge is 0.0867 e. The summed E-state index contributed by atoms with van der Waals surface area (Å²) in [6.07, 6.45) is 7.85. The molecule has 0 unspecified atom stereocenters. The summed E-state index contributed by atoms with van der Waals surface area (Å²) in [5.41, 5.74) is 7.13. The molecule has 0 amide bonds. The van der Waals surface area contributed by atoms with Crippen molar-refractivity contribution in [2.75, 3.05) is 4.44 Å². The molecule has 0 spiro atoms. The zero-order valence-corrected chi connectivity index (χ0v) is 44.5. The molecule has 0 atom stereocenters. The summed E-state index contributed by atoms with van der Waals surface area (Å²) in [6.45, 7) is 35.1. The molecule has 5 aromatic carbocycles. The minimum atomic E-state index is -1.71. The third kappa shape index (κ3) is 12.4. The van der Waals surface area contributed by atoms with Crippen molar-refractivity contribution < 1.29 is 0 Å². The number of hydrogen-bond acceptors (Lipinski definition) is 1. The van der Waals surface area contributed by atoms with E-state index in [1.165, 1.54) is 106 Å². The fourth-order valence-corrected chi connectivity index (χ4v) is 20.2. The van der Waals surface area contributed by atoms with Crippen molar-refractivity contribution in [1.82, 2.24) is 0 Å². The molecule has 0 saturated carbocycles. The molecule has 0 aliphatic rings. The van der Waals surface area contributed by atoms with Crippen molar-refractivity contribution in [2.45, 2.75) is 182 Å². The first-order valence-corrected chi connectivity index (χ1v) is 29.3. The van der Waals surface area contributed by atoms with E-state index in [1.807, 2.05) is 0 Å². The first-order valence-electron chi connectivity index (χ1n) is 24.1. The van der Waals surface area contributed by atoms with Crippen molar-refractivity contribution in [3.8, 4) is 0 Å². The van der Waals surface area contributed by atoms with Gasteiger partial charge in [-0.3, -0.25) is 0 Å². The molecule has 0 aliphatic heterocycles. The lowest BCUT2D eigenvalue weighted by molar-refractivity contribution is 0.590. The molecule has 0 aromatic heterocycles. The fourth-order valence-electron chi connectivity index (χ4n) is 8.77. The monoisotopic (exact) mass is 884 g/mol. The molecule has 334 valence electrons. The Morgan fingerprint density at radius 1 is 0.355 bits per heavy atom. The van der Waals surface area contributed by atoms with Crippen molar-refractivity contribution in [1.29, 1.82) is 0 Å². The van der Waals surface area contributed by atoms with Crippen LogP contribution in [0.4, 0.5) is 5.69 Å². The quantitative estimate of drug-likeness (QED) is 0.0664. The molecule has 5 rings (SSSR count). The first kappa shape index (κ1) is 50.0. The van der Waals surface area contributed by atoms with E-state index in [4.69, 9.17) is 0 Å². The summed E-state index contributed by atoms with van der Waals surface area (Å²) < 4.78 is 2.91. The van der Waals surface area contributed by atoms with Gasteiger partial charge in [0.1, 0.15) is 0 Å². The zero-order chi connectivity index (χ0) is 45.5. The Bertz CT molecular complexity index is 1850. The summed E-state index contributed by atoms with van der Waals surface area (Å²) in [4.78, 5) is 0. The summed E-state index contributed by atoms with van der Waals surface area (Å²) in [6, 6.07) is 53.5. The number of nitrogens with zero attached hydrogens (tertiary/aromatic N) is 1. The van der Waals surface area contributed by atoms with E-state index >= 15 is 0 Å². The third-order valence-corrected chi connectivity index (χ3v) is 24.0. The van der Waals surface area contributed by atoms with Crippen LogP contribution in [0.5, 0.6) is 0 Å². The Labute approximate surface area is 384 Å². The number of anilines is 1. The minimum Gasteiger partial charge on any atom is -0.313 e. The van der Waals surface area contributed by atoms with Crippen LogP contribution in [0.25, 0.3) is 0 Å². The van der Waals surface area contributed by atoms with Gasteiger partial charge in [0.2, 0.25) is 0 Å². The van der Waals surface area contributed by atoms with Gasteiger partial charge in [-0.25, -0.2) is 0 Å². The normalized spacial score (nSPS) is 13.0. The molecular weight excluding hydrogens is 801 g/mol. The SMILES string of the molecule is CCCC[Si](CCCC)(CCCC)c1ccc(N(P(c2ccc(C(C)(C)C)cc2)c2ccc(C(C)(C)C)cc2)P(c2ccc(C(C)(C)C)cc2)c2ccc(C(C)(C)C)cc2)cc1. The van der Waals surface area contributed by atoms with E-state index in [0.29, 0.717) is 0 Å². The zero-order valence-electron chi connectivity index (χ0n) is 41.8. The fraction of sp³-hybridized carbons (Fsp3) is 0.483. The number of hydrogen-bond donors (Lipinski definition) is 0. The van der Waals surface area contributed by atoms with E-state index in [-0.39, 0.29) is 21.7 Å². The lowest BCUT2D eigenvalue weighted by atomic mass is 9.87. The van der Waals surface area contributed by atoms with Gasteiger partial charge in [0.15, 0.2) is 0 Å². The van der Waals surface area contributed by atoms with Crippen LogP contribution < -0.4 is 30.8 Å². The van der Waals surface area contributed by atoms with E-state index in [9.17, 15) is 0 Å². The van der Waals surface area contributed by atoms with Crippen LogP contribution in [0.3, 0.4) is 0 Å². The van der Waals surface area contributed by atoms with E-state index in [0.717, 1.165) is 0 Å². The van der Waals surface area contributed by atoms with Gasteiger partial charge in [-0.1, -0.05) is 275 Å². The summed E-state index contributed by atoms with van der Waals surface area (Å²) in [5, 5.41) is 7.25. The number of unbranched alkanes of at least 4 members (excludes halogenated alkanes) is 3. The van der Waals surface area contributed by atoms with Crippen LogP contribution in [-0.2, 0) is 21.7 Å². The number of benzene rings is 5. The van der Waals surface area contributed by atoms with Gasteiger partial charge >= 0.3 is 0 Å². The van der Waals surface area contributed by atoms with Gasteiger partial charge in [-0.15, -0.1) is 0 Å². The molecule has 62 heavy (non-hydrogen) atoms. The number of rotatable bonds is 17. The minimum absolute atomic E-state index is 0.0745. The predicted octanol–water partition coefficient (Wildman–Crippen LogP) is 15.8. The van der Waals surface area contributed by atoms with Gasteiger partial charge < -0.3 is 4.44 Å². The second kappa shape index (κ2) is 20.9. The Kier molecular flexibility index (Phi) is 16.8. The first-order chi connectivity index (χ1) is 29.1. The highest BCUT2D eigenvalue weighted by Crippen LogP contribution is 2.57. The summed E-state index contributed by atoms with van der Waals surface area (Å²) in [7, 11) is -3.76. The Balaban J connectivity index is 1.86. The highest BCUT2D eigenvalue weighted by molar-refractivity contribution is 7.90. The van der Waals surface area contributed by atoms with Crippen molar-refractivity contribution >= 4 is 56.3 Å². The van der Waals surface area contributed by atoms with Crippen molar-refractivity contribution in [2.24, 2.45) is 0 Å². The molecule has 0 fully saturated rings. The van der Waals surface area contributed by atoms with Crippen molar-refractivity contribution in [3.63, 3.8) is 0 Å². The molecule has 0 aliphatic carbocycles. The molecule has 0 heterocycles. The molecule has 0 saturated heterocycles. The second-order valence-corrected chi connectivity index (χ2v) is 31.3. The summed E-state index contributed by atoms with van der Waals surface area (Å²) >= 11 is 0. The van der Waals surface area contributed by atoms with Crippen LogP contribution in [0.15, 0.2) is 121 Å². The molecular formula is C58H83NP2Si. The molecule has 1 nitrogen and oxygen atoms in total. The van der Waals surface area contributed by atoms with E-state index in [1.54, 1.807) is 5.19 Å². The average Bonchev–Trinajstić information content (AvgIpc) is 3.23. The topological polar surface area (TPSA) is 3.24 Å². The van der Waals surface area contributed by atoms with Crippen molar-refractivity contribution in [3.05, 3.63) is 144 Å². The molecule has 5 aromatic rings. The van der Waals surface area contributed by atoms with Gasteiger partial charge in [-0.2, -0.15) is 0 Å². The van der Waals surface area contributed by atoms with E-state index in [2.05, 4.69) is 230 Å².